The fourth-order valence-electron chi connectivity index (χ4n) is 1.88. The highest BCUT2D eigenvalue weighted by molar-refractivity contribution is 5.80. The zero-order valence-corrected chi connectivity index (χ0v) is 12.5. The number of esters is 1. The average molecular weight is 301 g/mol. The van der Waals surface area contributed by atoms with Crippen LogP contribution in [0.5, 0.6) is 5.75 Å². The van der Waals surface area contributed by atoms with Gasteiger partial charge in [-0.3, -0.25) is 4.79 Å². The predicted octanol–water partition coefficient (Wildman–Crippen LogP) is 2.67. The second kappa shape index (κ2) is 7.93. The van der Waals surface area contributed by atoms with Crippen LogP contribution in [0.2, 0.25) is 0 Å². The van der Waals surface area contributed by atoms with Gasteiger partial charge in [-0.2, -0.15) is 0 Å². The maximum atomic E-state index is 13.0. The molecule has 0 heterocycles. The van der Waals surface area contributed by atoms with Gasteiger partial charge in [-0.05, 0) is 32.5 Å². The Labute approximate surface area is 123 Å². The fraction of sp³-hybridized carbons (Fsp3) is 0.533. The summed E-state index contributed by atoms with van der Waals surface area (Å²) in [6, 6.07) is 3.32. The third-order valence-electron chi connectivity index (χ3n) is 3.05. The first-order valence-corrected chi connectivity index (χ1v) is 6.93. The van der Waals surface area contributed by atoms with E-state index >= 15 is 0 Å². The highest BCUT2D eigenvalue weighted by atomic mass is 19.2. The summed E-state index contributed by atoms with van der Waals surface area (Å²) < 4.78 is 36.2. The van der Waals surface area contributed by atoms with Crippen LogP contribution < -0.4 is 10.1 Å². The van der Waals surface area contributed by atoms with E-state index in [0.717, 1.165) is 12.1 Å². The normalized spacial score (nSPS) is 13.6. The lowest BCUT2D eigenvalue weighted by atomic mass is 9.98. The van der Waals surface area contributed by atoms with Crippen molar-refractivity contribution in [2.45, 2.75) is 32.7 Å². The first kappa shape index (κ1) is 17.4. The van der Waals surface area contributed by atoms with Crippen LogP contribution in [-0.2, 0) is 9.53 Å². The van der Waals surface area contributed by atoms with E-state index in [4.69, 9.17) is 9.47 Å². The zero-order chi connectivity index (χ0) is 15.9. The molecule has 0 spiro atoms. The van der Waals surface area contributed by atoms with E-state index in [1.165, 1.54) is 6.07 Å². The molecule has 0 aliphatic rings. The van der Waals surface area contributed by atoms with Gasteiger partial charge in [0.2, 0.25) is 0 Å². The Bertz CT molecular complexity index is 482. The molecule has 0 aliphatic heterocycles. The highest BCUT2D eigenvalue weighted by Gasteiger charge is 2.33. The second-order valence-corrected chi connectivity index (χ2v) is 4.76. The maximum Gasteiger partial charge on any atom is 0.326 e. The molecule has 0 radical (unpaired) electrons. The lowest BCUT2D eigenvalue weighted by molar-refractivity contribution is -0.151. The van der Waals surface area contributed by atoms with Gasteiger partial charge in [0.05, 0.1) is 13.2 Å². The molecule has 1 unspecified atom stereocenters. The van der Waals surface area contributed by atoms with Gasteiger partial charge >= 0.3 is 5.97 Å². The van der Waals surface area contributed by atoms with Gasteiger partial charge in [-0.25, -0.2) is 8.78 Å². The topological polar surface area (TPSA) is 47.6 Å². The number of rotatable bonds is 8. The summed E-state index contributed by atoms with van der Waals surface area (Å²) in [5.74, 6) is -2.03. The smallest absolute Gasteiger partial charge is 0.326 e. The van der Waals surface area contributed by atoms with Crippen LogP contribution in [0.15, 0.2) is 18.2 Å². The number of nitrogens with one attached hydrogen (secondary N) is 1. The van der Waals surface area contributed by atoms with E-state index in [9.17, 15) is 13.6 Å². The summed E-state index contributed by atoms with van der Waals surface area (Å²) in [5, 5.41) is 3.06. The summed E-state index contributed by atoms with van der Waals surface area (Å²) in [5.41, 5.74) is -0.872. The first-order chi connectivity index (χ1) is 9.92. The van der Waals surface area contributed by atoms with Gasteiger partial charge in [0.15, 0.2) is 11.6 Å². The molecule has 1 rings (SSSR count). The van der Waals surface area contributed by atoms with Crippen molar-refractivity contribution in [1.82, 2.24) is 5.32 Å². The minimum atomic E-state index is -0.965. The summed E-state index contributed by atoms with van der Waals surface area (Å²) in [6.07, 6.45) is 0.346. The molecular weight excluding hydrogens is 280 g/mol. The van der Waals surface area contributed by atoms with Crippen molar-refractivity contribution in [2.24, 2.45) is 0 Å². The van der Waals surface area contributed by atoms with Crippen LogP contribution in [0.1, 0.15) is 27.2 Å². The minimum Gasteiger partial charge on any atom is -0.493 e. The molecule has 1 aromatic carbocycles. The van der Waals surface area contributed by atoms with E-state index < -0.39 is 17.2 Å². The van der Waals surface area contributed by atoms with Gasteiger partial charge in [0, 0.05) is 12.5 Å². The number of hydrogen-bond acceptors (Lipinski definition) is 4. The van der Waals surface area contributed by atoms with E-state index in [0.29, 0.717) is 19.6 Å². The van der Waals surface area contributed by atoms with Crippen LogP contribution in [0, 0.1) is 11.6 Å². The van der Waals surface area contributed by atoms with E-state index in [1.807, 2.05) is 6.92 Å². The number of halogens is 2. The maximum absolute atomic E-state index is 13.0. The molecule has 6 heteroatoms. The summed E-state index contributed by atoms with van der Waals surface area (Å²) >= 11 is 0. The second-order valence-electron chi connectivity index (χ2n) is 4.76. The zero-order valence-electron chi connectivity index (χ0n) is 12.5. The minimum absolute atomic E-state index is 0.174. The van der Waals surface area contributed by atoms with Crippen molar-refractivity contribution < 1.29 is 23.0 Å². The molecule has 118 valence electrons. The summed E-state index contributed by atoms with van der Waals surface area (Å²) in [6.45, 7) is 6.41. The monoisotopic (exact) mass is 301 g/mol. The molecule has 0 fully saturated rings. The Kier molecular flexibility index (Phi) is 6.55. The molecular formula is C15H21F2NO3. The van der Waals surface area contributed by atoms with Crippen molar-refractivity contribution in [3.8, 4) is 5.75 Å². The largest absolute Gasteiger partial charge is 0.493 e. The Morgan fingerprint density at radius 1 is 1.29 bits per heavy atom. The van der Waals surface area contributed by atoms with E-state index in [-0.39, 0.29) is 18.3 Å². The predicted molar refractivity (Wildman–Crippen MR) is 75.2 cm³/mol. The van der Waals surface area contributed by atoms with E-state index in [2.05, 4.69) is 5.32 Å². The number of benzene rings is 1. The van der Waals surface area contributed by atoms with Gasteiger partial charge < -0.3 is 14.8 Å². The van der Waals surface area contributed by atoms with Crippen molar-refractivity contribution >= 4 is 5.97 Å². The lowest BCUT2D eigenvalue weighted by Gasteiger charge is -2.28. The summed E-state index contributed by atoms with van der Waals surface area (Å²) in [4.78, 5) is 11.9. The van der Waals surface area contributed by atoms with E-state index in [1.54, 1.807) is 13.8 Å². The molecule has 0 bridgehead atoms. The fourth-order valence-corrected chi connectivity index (χ4v) is 1.88. The van der Waals surface area contributed by atoms with Crippen molar-refractivity contribution in [3.63, 3.8) is 0 Å². The number of carbonyl (C=O) groups excluding carboxylic acids is 1. The van der Waals surface area contributed by atoms with Crippen molar-refractivity contribution in [1.29, 1.82) is 0 Å². The van der Waals surface area contributed by atoms with Gasteiger partial charge in [-0.15, -0.1) is 0 Å². The van der Waals surface area contributed by atoms with Crippen molar-refractivity contribution in [3.05, 3.63) is 29.8 Å². The van der Waals surface area contributed by atoms with Gasteiger partial charge in [0.25, 0.3) is 0 Å². The Morgan fingerprint density at radius 3 is 2.57 bits per heavy atom. The Hall–Kier alpha value is -1.69. The number of likely N-dealkylation sites (N-methyl/N-ethyl adjacent to an activating group) is 1. The third-order valence-corrected chi connectivity index (χ3v) is 3.05. The molecule has 0 amide bonds. The first-order valence-electron chi connectivity index (χ1n) is 6.93. The third kappa shape index (κ3) is 4.97. The molecule has 1 N–H and O–H groups in total. The Morgan fingerprint density at radius 2 is 2.00 bits per heavy atom. The van der Waals surface area contributed by atoms with Crippen LogP contribution in [0.25, 0.3) is 0 Å². The molecule has 0 aromatic heterocycles. The van der Waals surface area contributed by atoms with Crippen LogP contribution in [0.4, 0.5) is 8.78 Å². The Balaban J connectivity index is 2.60. The SMILES string of the molecule is CCNC(C)(CCOc1ccc(F)c(F)c1)C(=O)OCC. The van der Waals surface area contributed by atoms with Gasteiger partial charge in [-0.1, -0.05) is 6.92 Å². The lowest BCUT2D eigenvalue weighted by Crippen LogP contribution is -2.51. The molecule has 4 nitrogen and oxygen atoms in total. The highest BCUT2D eigenvalue weighted by Crippen LogP contribution is 2.18. The van der Waals surface area contributed by atoms with Crippen LogP contribution in [0.3, 0.4) is 0 Å². The standard InChI is InChI=1S/C15H21F2NO3/c1-4-18-15(3,14(19)20-5-2)8-9-21-11-6-7-12(16)13(17)10-11/h6-7,10,18H,4-5,8-9H2,1-3H3. The quantitative estimate of drug-likeness (QED) is 0.750. The molecule has 0 saturated heterocycles. The van der Waals surface area contributed by atoms with Crippen LogP contribution >= 0.6 is 0 Å². The number of hydrogen-bond donors (Lipinski definition) is 1. The van der Waals surface area contributed by atoms with Crippen LogP contribution in [-0.4, -0.2) is 31.3 Å². The molecule has 0 aliphatic carbocycles. The number of ether oxygens (including phenoxy) is 2. The van der Waals surface area contributed by atoms with Crippen molar-refractivity contribution in [2.75, 3.05) is 19.8 Å². The summed E-state index contributed by atoms with van der Waals surface area (Å²) in [7, 11) is 0. The number of carbonyl (C=O) groups is 1. The molecule has 0 saturated carbocycles. The average Bonchev–Trinajstić information content (AvgIpc) is 2.43. The molecule has 1 atom stereocenters. The molecule has 21 heavy (non-hydrogen) atoms. The molecule has 1 aromatic rings. The van der Waals surface area contributed by atoms with Gasteiger partial charge in [0.1, 0.15) is 11.3 Å².